The fourth-order valence-corrected chi connectivity index (χ4v) is 5.63. The van der Waals surface area contributed by atoms with Crippen LogP contribution in [-0.4, -0.2) is 33.9 Å². The standard InChI is InChI=1S/C28H31BrN4O4/c1-17-8-7-9-19(12-17)15-36-26-22(29)13-20(14-23(26)35-3)25-24(18(2)32-28-30-16-31-33(25)28)27(34)37-21-10-5-4-6-11-21/h7-9,12-14,16,21,25H,4-6,10-11,15H2,1-3H3,(H,30,31,32). The number of rotatable bonds is 7. The monoisotopic (exact) mass is 566 g/mol. The number of nitrogens with one attached hydrogen (secondary N) is 1. The summed E-state index contributed by atoms with van der Waals surface area (Å²) in [6.45, 7) is 4.32. The summed E-state index contributed by atoms with van der Waals surface area (Å²) in [7, 11) is 1.60. The number of aromatic nitrogens is 3. The Morgan fingerprint density at radius 3 is 2.73 bits per heavy atom. The number of esters is 1. The van der Waals surface area contributed by atoms with Gasteiger partial charge in [0.05, 0.1) is 17.2 Å². The molecule has 0 spiro atoms. The third kappa shape index (κ3) is 5.37. The van der Waals surface area contributed by atoms with E-state index >= 15 is 0 Å². The molecule has 0 radical (unpaired) electrons. The Kier molecular flexibility index (Phi) is 7.50. The minimum absolute atomic E-state index is 0.0574. The summed E-state index contributed by atoms with van der Waals surface area (Å²) >= 11 is 3.68. The second kappa shape index (κ2) is 11.0. The van der Waals surface area contributed by atoms with E-state index in [0.29, 0.717) is 39.8 Å². The topological polar surface area (TPSA) is 87.5 Å². The predicted molar refractivity (Wildman–Crippen MR) is 144 cm³/mol. The van der Waals surface area contributed by atoms with E-state index in [4.69, 9.17) is 14.2 Å². The minimum atomic E-state index is -0.536. The SMILES string of the molecule is COc1cc(C2C(C(=O)OC3CCCCC3)=C(C)Nc3ncnn32)cc(Br)c1OCc1cccc(C)c1. The number of fused-ring (bicyclic) bond motifs is 1. The highest BCUT2D eigenvalue weighted by Crippen LogP contribution is 2.43. The van der Waals surface area contributed by atoms with Gasteiger partial charge in [0.2, 0.25) is 5.95 Å². The highest BCUT2D eigenvalue weighted by Gasteiger charge is 2.36. The number of carbonyl (C=O) groups excluding carboxylic acids is 1. The van der Waals surface area contributed by atoms with Crippen molar-refractivity contribution in [3.8, 4) is 11.5 Å². The molecular weight excluding hydrogens is 536 g/mol. The maximum absolute atomic E-state index is 13.5. The second-order valence-electron chi connectivity index (χ2n) is 9.57. The van der Waals surface area contributed by atoms with Crippen molar-refractivity contribution in [2.45, 2.75) is 64.7 Å². The quantitative estimate of drug-likeness (QED) is 0.345. The van der Waals surface area contributed by atoms with Crippen molar-refractivity contribution in [3.05, 3.63) is 75.2 Å². The summed E-state index contributed by atoms with van der Waals surface area (Å²) in [5.74, 6) is 1.37. The first-order chi connectivity index (χ1) is 17.9. The molecular formula is C28H31BrN4O4. The summed E-state index contributed by atoms with van der Waals surface area (Å²) in [5.41, 5.74) is 4.24. The summed E-state index contributed by atoms with van der Waals surface area (Å²) in [4.78, 5) is 17.9. The lowest BCUT2D eigenvalue weighted by molar-refractivity contribution is -0.146. The van der Waals surface area contributed by atoms with E-state index in [1.165, 1.54) is 18.3 Å². The van der Waals surface area contributed by atoms with Crippen molar-refractivity contribution < 1.29 is 19.0 Å². The van der Waals surface area contributed by atoms with Crippen molar-refractivity contribution in [2.75, 3.05) is 12.4 Å². The maximum atomic E-state index is 13.5. The van der Waals surface area contributed by atoms with Gasteiger partial charge in [0, 0.05) is 5.70 Å². The average molecular weight is 567 g/mol. The van der Waals surface area contributed by atoms with E-state index in [2.05, 4.69) is 50.4 Å². The molecule has 1 unspecified atom stereocenters. The summed E-state index contributed by atoms with van der Waals surface area (Å²) < 4.78 is 20.3. The molecule has 0 amide bonds. The zero-order chi connectivity index (χ0) is 25.9. The van der Waals surface area contributed by atoms with E-state index in [9.17, 15) is 4.79 Å². The Balaban J connectivity index is 1.48. The Hall–Kier alpha value is -3.33. The molecule has 1 atom stereocenters. The maximum Gasteiger partial charge on any atom is 0.338 e. The lowest BCUT2D eigenvalue weighted by atomic mass is 9.94. The van der Waals surface area contributed by atoms with Crippen LogP contribution in [0, 0.1) is 6.92 Å². The van der Waals surface area contributed by atoms with Crippen LogP contribution in [0.2, 0.25) is 0 Å². The second-order valence-corrected chi connectivity index (χ2v) is 10.4. The molecule has 37 heavy (non-hydrogen) atoms. The molecule has 1 aliphatic heterocycles. The lowest BCUT2D eigenvalue weighted by Gasteiger charge is -2.30. The van der Waals surface area contributed by atoms with E-state index in [1.54, 1.807) is 11.8 Å². The van der Waals surface area contributed by atoms with Gasteiger partial charge in [0.15, 0.2) is 11.5 Å². The van der Waals surface area contributed by atoms with Gasteiger partial charge in [0.1, 0.15) is 25.1 Å². The van der Waals surface area contributed by atoms with Crippen molar-refractivity contribution in [1.29, 1.82) is 0 Å². The number of methoxy groups -OCH3 is 1. The molecule has 1 fully saturated rings. The molecule has 5 rings (SSSR count). The van der Waals surface area contributed by atoms with Crippen LogP contribution in [0.15, 0.2) is 58.5 Å². The molecule has 1 aromatic heterocycles. The third-order valence-electron chi connectivity index (χ3n) is 6.87. The van der Waals surface area contributed by atoms with Crippen molar-refractivity contribution in [3.63, 3.8) is 0 Å². The highest BCUT2D eigenvalue weighted by atomic mass is 79.9. The lowest BCUT2D eigenvalue weighted by Crippen LogP contribution is -2.32. The number of hydrogen-bond acceptors (Lipinski definition) is 7. The van der Waals surface area contributed by atoms with Crippen molar-refractivity contribution in [1.82, 2.24) is 14.8 Å². The van der Waals surface area contributed by atoms with Crippen LogP contribution in [-0.2, 0) is 16.1 Å². The predicted octanol–water partition coefficient (Wildman–Crippen LogP) is 6.10. The van der Waals surface area contributed by atoms with Crippen LogP contribution in [0.1, 0.15) is 61.8 Å². The number of halogens is 1. The molecule has 194 valence electrons. The Bertz CT molecular complexity index is 1330. The number of allylic oxidation sites excluding steroid dienone is 1. The van der Waals surface area contributed by atoms with Crippen molar-refractivity contribution >= 4 is 27.8 Å². The number of hydrogen-bond donors (Lipinski definition) is 1. The number of ether oxygens (including phenoxy) is 3. The normalized spacial score (nSPS) is 17.7. The Morgan fingerprint density at radius 1 is 1.16 bits per heavy atom. The third-order valence-corrected chi connectivity index (χ3v) is 7.46. The summed E-state index contributed by atoms with van der Waals surface area (Å²) in [6.07, 6.45) is 6.57. The number of nitrogens with zero attached hydrogens (tertiary/aromatic N) is 3. The van der Waals surface area contributed by atoms with E-state index in [-0.39, 0.29) is 12.1 Å². The molecule has 1 N–H and O–H groups in total. The van der Waals surface area contributed by atoms with Crippen LogP contribution >= 0.6 is 15.9 Å². The van der Waals surface area contributed by atoms with E-state index in [0.717, 1.165) is 36.8 Å². The largest absolute Gasteiger partial charge is 0.493 e. The van der Waals surface area contributed by atoms with Crippen LogP contribution in [0.25, 0.3) is 0 Å². The van der Waals surface area contributed by atoms with E-state index < -0.39 is 6.04 Å². The van der Waals surface area contributed by atoms with Gasteiger partial charge >= 0.3 is 5.97 Å². The molecule has 8 nitrogen and oxygen atoms in total. The van der Waals surface area contributed by atoms with Crippen LogP contribution in [0.3, 0.4) is 0 Å². The molecule has 0 saturated heterocycles. The first-order valence-electron chi connectivity index (χ1n) is 12.6. The van der Waals surface area contributed by atoms with Gasteiger partial charge in [-0.3, -0.25) is 0 Å². The average Bonchev–Trinajstić information content (AvgIpc) is 3.35. The molecule has 0 bridgehead atoms. The number of carbonyl (C=O) groups is 1. The van der Waals surface area contributed by atoms with Gasteiger partial charge in [-0.2, -0.15) is 10.1 Å². The summed E-state index contributed by atoms with van der Waals surface area (Å²) in [6, 6.07) is 11.5. The smallest absolute Gasteiger partial charge is 0.338 e. The Labute approximate surface area is 225 Å². The van der Waals surface area contributed by atoms with Gasteiger partial charge in [-0.1, -0.05) is 36.2 Å². The molecule has 3 aromatic rings. The molecule has 9 heteroatoms. The fourth-order valence-electron chi connectivity index (χ4n) is 5.06. The van der Waals surface area contributed by atoms with Gasteiger partial charge in [-0.15, -0.1) is 0 Å². The zero-order valence-electron chi connectivity index (χ0n) is 21.3. The van der Waals surface area contributed by atoms with Gasteiger partial charge in [0.25, 0.3) is 0 Å². The fraction of sp³-hybridized carbons (Fsp3) is 0.393. The number of benzene rings is 2. The zero-order valence-corrected chi connectivity index (χ0v) is 22.9. The molecule has 2 heterocycles. The van der Waals surface area contributed by atoms with Crippen molar-refractivity contribution in [2.24, 2.45) is 0 Å². The Morgan fingerprint density at radius 2 is 1.97 bits per heavy atom. The highest BCUT2D eigenvalue weighted by molar-refractivity contribution is 9.10. The van der Waals surface area contributed by atoms with Crippen LogP contribution in [0.5, 0.6) is 11.5 Å². The van der Waals surface area contributed by atoms with Gasteiger partial charge < -0.3 is 19.5 Å². The molecule has 1 aliphatic carbocycles. The number of anilines is 1. The molecule has 1 saturated carbocycles. The number of aryl methyl sites for hydroxylation is 1. The van der Waals surface area contributed by atoms with Gasteiger partial charge in [-0.25, -0.2) is 9.48 Å². The van der Waals surface area contributed by atoms with Crippen LogP contribution < -0.4 is 14.8 Å². The first kappa shape index (κ1) is 25.3. The minimum Gasteiger partial charge on any atom is -0.493 e. The molecule has 2 aliphatic rings. The first-order valence-corrected chi connectivity index (χ1v) is 13.4. The van der Waals surface area contributed by atoms with Crippen LogP contribution in [0.4, 0.5) is 5.95 Å². The van der Waals surface area contributed by atoms with Gasteiger partial charge in [-0.05, 0) is 78.7 Å². The summed E-state index contributed by atoms with van der Waals surface area (Å²) in [5, 5.41) is 7.64. The molecule has 2 aromatic carbocycles. The van der Waals surface area contributed by atoms with E-state index in [1.807, 2.05) is 31.2 Å².